The molecule has 1 aromatic carbocycles. The van der Waals surface area contributed by atoms with E-state index in [1.165, 1.54) is 12.1 Å². The Balaban J connectivity index is 2.72. The predicted molar refractivity (Wildman–Crippen MR) is 83.4 cm³/mol. The molecule has 0 saturated heterocycles. The number of halogens is 3. The first-order valence-corrected chi connectivity index (χ1v) is 7.73. The van der Waals surface area contributed by atoms with Crippen molar-refractivity contribution in [2.24, 2.45) is 0 Å². The normalized spacial score (nSPS) is 11.0. The molecule has 136 valence electrons. The molecular weight excluding hydrogens is 327 g/mol. The van der Waals surface area contributed by atoms with E-state index in [2.05, 4.69) is 21.7 Å². The summed E-state index contributed by atoms with van der Waals surface area (Å²) in [7, 11) is 1.15. The molecule has 24 heavy (non-hydrogen) atoms. The smallest absolute Gasteiger partial charge is 0.490 e. The monoisotopic (exact) mass is 349 g/mol. The van der Waals surface area contributed by atoms with Crippen molar-refractivity contribution in [1.82, 2.24) is 0 Å². The number of methoxy groups -OCH3 is 1. The molecular formula is C16H22F3NO4. The molecule has 1 amide bonds. The van der Waals surface area contributed by atoms with E-state index in [0.717, 1.165) is 45.3 Å². The predicted octanol–water partition coefficient (Wildman–Crippen LogP) is 5.11. The number of carbonyl (C=O) groups excluding carboxylic acids is 1. The lowest BCUT2D eigenvalue weighted by Gasteiger charge is -2.15. The first kappa shape index (κ1) is 19.9. The maximum Gasteiger partial charge on any atom is 0.573 e. The Bertz CT molecular complexity index is 521. The lowest BCUT2D eigenvalue weighted by Crippen LogP contribution is -2.18. The minimum atomic E-state index is -4.86. The minimum Gasteiger partial charge on any atom is -0.490 e. The molecule has 1 N–H and O–H groups in total. The average molecular weight is 349 g/mol. The van der Waals surface area contributed by atoms with Gasteiger partial charge in [-0.05, 0) is 18.6 Å². The lowest BCUT2D eigenvalue weighted by atomic mass is 10.2. The number of amides is 1. The third kappa shape index (κ3) is 7.94. The molecule has 0 fully saturated rings. The van der Waals surface area contributed by atoms with Gasteiger partial charge in [0.2, 0.25) is 0 Å². The molecule has 5 nitrogen and oxygen atoms in total. The van der Waals surface area contributed by atoms with Gasteiger partial charge in [-0.15, -0.1) is 13.2 Å². The third-order valence-corrected chi connectivity index (χ3v) is 3.11. The highest BCUT2D eigenvalue weighted by molar-refractivity contribution is 5.85. The van der Waals surface area contributed by atoms with Gasteiger partial charge in [0, 0.05) is 11.8 Å². The second-order valence-electron chi connectivity index (χ2n) is 5.09. The van der Waals surface area contributed by atoms with Gasteiger partial charge in [-0.25, -0.2) is 4.79 Å². The molecule has 0 aliphatic carbocycles. The van der Waals surface area contributed by atoms with Crippen molar-refractivity contribution in [3.63, 3.8) is 0 Å². The topological polar surface area (TPSA) is 56.8 Å². The Morgan fingerprint density at radius 3 is 2.46 bits per heavy atom. The summed E-state index contributed by atoms with van der Waals surface area (Å²) in [6.45, 7) is 2.39. The quantitative estimate of drug-likeness (QED) is 0.629. The Labute approximate surface area is 139 Å². The molecule has 0 aliphatic heterocycles. The van der Waals surface area contributed by atoms with Crippen LogP contribution in [0.2, 0.25) is 0 Å². The van der Waals surface area contributed by atoms with E-state index in [9.17, 15) is 18.0 Å². The fraction of sp³-hybridized carbons (Fsp3) is 0.562. The van der Waals surface area contributed by atoms with Crippen LogP contribution in [0.25, 0.3) is 0 Å². The van der Waals surface area contributed by atoms with Crippen LogP contribution in [0.3, 0.4) is 0 Å². The number of benzene rings is 1. The molecule has 0 saturated carbocycles. The van der Waals surface area contributed by atoms with Crippen molar-refractivity contribution >= 4 is 11.8 Å². The molecule has 1 aromatic rings. The second kappa shape index (κ2) is 9.89. The maximum atomic E-state index is 12.5. The summed E-state index contributed by atoms with van der Waals surface area (Å²) in [4.78, 5) is 11.1. The summed E-state index contributed by atoms with van der Waals surface area (Å²) >= 11 is 0. The van der Waals surface area contributed by atoms with Crippen molar-refractivity contribution in [3.8, 4) is 11.5 Å². The van der Waals surface area contributed by atoms with E-state index < -0.39 is 18.2 Å². The van der Waals surface area contributed by atoms with Crippen LogP contribution in [0.5, 0.6) is 11.5 Å². The average Bonchev–Trinajstić information content (AvgIpc) is 2.50. The van der Waals surface area contributed by atoms with E-state index in [1.54, 1.807) is 0 Å². The minimum absolute atomic E-state index is 0.0294. The summed E-state index contributed by atoms with van der Waals surface area (Å²) in [5.41, 5.74) is 0.108. The Morgan fingerprint density at radius 1 is 1.12 bits per heavy atom. The molecule has 8 heteroatoms. The summed E-state index contributed by atoms with van der Waals surface area (Å²) < 4.78 is 51.3. The Kier molecular flexibility index (Phi) is 8.21. The number of hydrogen-bond acceptors (Lipinski definition) is 4. The van der Waals surface area contributed by atoms with Gasteiger partial charge in [-0.3, -0.25) is 5.32 Å². The SMILES string of the molecule is CCCCCCCOc1ccc(NC(=O)OC)cc1OC(F)(F)F. The Morgan fingerprint density at radius 2 is 1.83 bits per heavy atom. The molecule has 0 radical (unpaired) electrons. The number of alkyl halides is 3. The van der Waals surface area contributed by atoms with Crippen molar-refractivity contribution < 1.29 is 32.2 Å². The fourth-order valence-corrected chi connectivity index (χ4v) is 1.97. The summed E-state index contributed by atoms with van der Waals surface area (Å²) in [5.74, 6) is -0.539. The van der Waals surface area contributed by atoms with Crippen LogP contribution in [0.15, 0.2) is 18.2 Å². The zero-order valence-corrected chi connectivity index (χ0v) is 13.7. The van der Waals surface area contributed by atoms with E-state index in [4.69, 9.17) is 4.74 Å². The van der Waals surface area contributed by atoms with Gasteiger partial charge in [0.1, 0.15) is 0 Å². The number of hydrogen-bond donors (Lipinski definition) is 1. The number of carbonyl (C=O) groups is 1. The zero-order valence-electron chi connectivity index (χ0n) is 13.7. The van der Waals surface area contributed by atoms with E-state index in [-0.39, 0.29) is 11.4 Å². The van der Waals surface area contributed by atoms with Gasteiger partial charge in [-0.2, -0.15) is 0 Å². The fourth-order valence-electron chi connectivity index (χ4n) is 1.97. The number of rotatable bonds is 9. The van der Waals surface area contributed by atoms with Crippen molar-refractivity contribution in [3.05, 3.63) is 18.2 Å². The van der Waals surface area contributed by atoms with Crippen LogP contribution in [-0.4, -0.2) is 26.2 Å². The van der Waals surface area contributed by atoms with Crippen molar-refractivity contribution in [1.29, 1.82) is 0 Å². The van der Waals surface area contributed by atoms with Crippen LogP contribution < -0.4 is 14.8 Å². The van der Waals surface area contributed by atoms with Crippen LogP contribution in [0, 0.1) is 0 Å². The zero-order chi connectivity index (χ0) is 18.0. The largest absolute Gasteiger partial charge is 0.573 e. The molecule has 0 spiro atoms. The summed E-state index contributed by atoms with van der Waals surface area (Å²) in [5, 5.41) is 2.27. The van der Waals surface area contributed by atoms with Crippen molar-refractivity contribution in [2.45, 2.75) is 45.4 Å². The summed E-state index contributed by atoms with van der Waals surface area (Å²) in [6.07, 6.45) is -0.664. The maximum absolute atomic E-state index is 12.5. The third-order valence-electron chi connectivity index (χ3n) is 3.11. The number of unbranched alkanes of at least 4 members (excludes halogenated alkanes) is 4. The molecule has 0 heterocycles. The lowest BCUT2D eigenvalue weighted by molar-refractivity contribution is -0.275. The first-order chi connectivity index (χ1) is 11.4. The Hall–Kier alpha value is -2.12. The first-order valence-electron chi connectivity index (χ1n) is 7.73. The molecule has 0 aromatic heterocycles. The van der Waals surface area contributed by atoms with Crippen LogP contribution in [0.1, 0.15) is 39.0 Å². The van der Waals surface area contributed by atoms with E-state index in [1.807, 2.05) is 0 Å². The van der Waals surface area contributed by atoms with Gasteiger partial charge < -0.3 is 14.2 Å². The second-order valence-corrected chi connectivity index (χ2v) is 5.09. The van der Waals surface area contributed by atoms with Crippen molar-refractivity contribution in [2.75, 3.05) is 19.0 Å². The van der Waals surface area contributed by atoms with Crippen LogP contribution in [-0.2, 0) is 4.74 Å². The highest BCUT2D eigenvalue weighted by atomic mass is 19.4. The standard InChI is InChI=1S/C16H22F3NO4/c1-3-4-5-6-7-10-23-13-9-8-12(20-15(21)22-2)11-14(13)24-16(17,18)19/h8-9,11H,3-7,10H2,1-2H3,(H,20,21). The van der Waals surface area contributed by atoms with E-state index >= 15 is 0 Å². The molecule has 0 atom stereocenters. The highest BCUT2D eigenvalue weighted by Gasteiger charge is 2.32. The van der Waals surface area contributed by atoms with E-state index in [0.29, 0.717) is 6.61 Å². The van der Waals surface area contributed by atoms with Crippen LogP contribution in [0.4, 0.5) is 23.7 Å². The van der Waals surface area contributed by atoms with Gasteiger partial charge in [0.25, 0.3) is 0 Å². The number of ether oxygens (including phenoxy) is 3. The summed E-state index contributed by atoms with van der Waals surface area (Å²) in [6, 6.07) is 3.77. The number of nitrogens with one attached hydrogen (secondary N) is 1. The molecule has 1 rings (SSSR count). The molecule has 0 unspecified atom stereocenters. The van der Waals surface area contributed by atoms with Gasteiger partial charge in [0.15, 0.2) is 11.5 Å². The van der Waals surface area contributed by atoms with Gasteiger partial charge in [-0.1, -0.05) is 32.6 Å². The molecule has 0 bridgehead atoms. The number of anilines is 1. The van der Waals surface area contributed by atoms with Gasteiger partial charge >= 0.3 is 12.5 Å². The van der Waals surface area contributed by atoms with Gasteiger partial charge in [0.05, 0.1) is 13.7 Å². The molecule has 0 aliphatic rings. The van der Waals surface area contributed by atoms with Crippen LogP contribution >= 0.6 is 0 Å². The highest BCUT2D eigenvalue weighted by Crippen LogP contribution is 2.35.